The summed E-state index contributed by atoms with van der Waals surface area (Å²) < 4.78 is 33.5. The van der Waals surface area contributed by atoms with Crippen LogP contribution in [0.3, 0.4) is 0 Å². The molecular formula is C13H11Br2NO3S. The number of ether oxygens (including phenoxy) is 1. The molecule has 0 aromatic heterocycles. The highest BCUT2D eigenvalue weighted by atomic mass is 79.9. The Labute approximate surface area is 134 Å². The van der Waals surface area contributed by atoms with Gasteiger partial charge in [0.05, 0.1) is 12.8 Å². The molecule has 0 aliphatic carbocycles. The summed E-state index contributed by atoms with van der Waals surface area (Å²) in [6.45, 7) is 0. The van der Waals surface area contributed by atoms with Gasteiger partial charge in [0.2, 0.25) is 0 Å². The third-order valence-electron chi connectivity index (χ3n) is 2.51. The van der Waals surface area contributed by atoms with Gasteiger partial charge in [-0.25, -0.2) is 8.42 Å². The van der Waals surface area contributed by atoms with Gasteiger partial charge in [0.25, 0.3) is 10.0 Å². The quantitative estimate of drug-likeness (QED) is 0.812. The van der Waals surface area contributed by atoms with Crippen molar-refractivity contribution in [3.05, 3.63) is 51.4 Å². The number of benzene rings is 2. The zero-order valence-corrected chi connectivity index (χ0v) is 14.4. The number of hydrogen-bond donors (Lipinski definition) is 1. The summed E-state index contributed by atoms with van der Waals surface area (Å²) in [6, 6.07) is 11.6. The van der Waals surface area contributed by atoms with Crippen LogP contribution in [0.1, 0.15) is 0 Å². The number of nitrogens with one attached hydrogen (secondary N) is 1. The highest BCUT2D eigenvalue weighted by molar-refractivity contribution is 9.11. The first-order chi connectivity index (χ1) is 9.42. The van der Waals surface area contributed by atoms with Crippen LogP contribution in [0.4, 0.5) is 5.69 Å². The van der Waals surface area contributed by atoms with Crippen LogP contribution in [-0.4, -0.2) is 15.5 Å². The Morgan fingerprint density at radius 3 is 2.50 bits per heavy atom. The number of hydrogen-bond acceptors (Lipinski definition) is 3. The van der Waals surface area contributed by atoms with E-state index in [0.717, 1.165) is 4.47 Å². The van der Waals surface area contributed by atoms with Crippen LogP contribution in [0.25, 0.3) is 0 Å². The van der Waals surface area contributed by atoms with E-state index in [1.807, 2.05) is 0 Å². The minimum absolute atomic E-state index is 0.170. The first-order valence-corrected chi connectivity index (χ1v) is 8.61. The first kappa shape index (κ1) is 15.3. The maximum absolute atomic E-state index is 12.3. The van der Waals surface area contributed by atoms with Crippen molar-refractivity contribution < 1.29 is 13.2 Å². The Kier molecular flexibility index (Phi) is 4.72. The van der Waals surface area contributed by atoms with Crippen LogP contribution in [0, 0.1) is 0 Å². The molecule has 20 heavy (non-hydrogen) atoms. The van der Waals surface area contributed by atoms with Crippen molar-refractivity contribution >= 4 is 47.6 Å². The molecule has 0 bridgehead atoms. The minimum Gasteiger partial charge on any atom is -0.497 e. The molecule has 0 heterocycles. The van der Waals surface area contributed by atoms with Gasteiger partial charge >= 0.3 is 0 Å². The molecule has 2 aromatic carbocycles. The average molecular weight is 421 g/mol. The lowest BCUT2D eigenvalue weighted by molar-refractivity contribution is 0.415. The molecule has 0 saturated heterocycles. The van der Waals surface area contributed by atoms with Crippen molar-refractivity contribution in [3.8, 4) is 5.75 Å². The fourth-order valence-electron chi connectivity index (χ4n) is 1.59. The van der Waals surface area contributed by atoms with Crippen molar-refractivity contribution in [2.45, 2.75) is 4.90 Å². The molecule has 0 saturated carbocycles. The highest BCUT2D eigenvalue weighted by Crippen LogP contribution is 2.28. The van der Waals surface area contributed by atoms with E-state index in [-0.39, 0.29) is 4.90 Å². The Morgan fingerprint density at radius 1 is 1.10 bits per heavy atom. The van der Waals surface area contributed by atoms with Crippen LogP contribution in [-0.2, 0) is 10.0 Å². The Balaban J connectivity index is 2.35. The summed E-state index contributed by atoms with van der Waals surface area (Å²) in [5.41, 5.74) is 0.444. The normalized spacial score (nSPS) is 11.2. The lowest BCUT2D eigenvalue weighted by Crippen LogP contribution is -2.13. The van der Waals surface area contributed by atoms with Gasteiger partial charge in [0.15, 0.2) is 0 Å². The second-order valence-electron chi connectivity index (χ2n) is 3.91. The Bertz CT molecular complexity index is 732. The van der Waals surface area contributed by atoms with E-state index in [2.05, 4.69) is 36.6 Å². The van der Waals surface area contributed by atoms with E-state index in [1.165, 1.54) is 13.2 Å². The van der Waals surface area contributed by atoms with E-state index in [0.29, 0.717) is 15.9 Å². The SMILES string of the molecule is COc1cccc(NS(=O)(=O)c2ccc(Br)cc2Br)c1. The molecule has 0 spiro atoms. The largest absolute Gasteiger partial charge is 0.497 e. The number of sulfonamides is 1. The van der Waals surface area contributed by atoms with Crippen LogP contribution < -0.4 is 9.46 Å². The standard InChI is InChI=1S/C13H11Br2NO3S/c1-19-11-4-2-3-10(8-11)16-20(17,18)13-6-5-9(14)7-12(13)15/h2-8,16H,1H3. The van der Waals surface area contributed by atoms with Crippen molar-refractivity contribution in [2.24, 2.45) is 0 Å². The van der Waals surface area contributed by atoms with Gasteiger partial charge in [-0.3, -0.25) is 4.72 Å². The second kappa shape index (κ2) is 6.15. The average Bonchev–Trinajstić information content (AvgIpc) is 2.37. The van der Waals surface area contributed by atoms with Crippen LogP contribution in [0.15, 0.2) is 56.3 Å². The van der Waals surface area contributed by atoms with Crippen LogP contribution in [0.2, 0.25) is 0 Å². The van der Waals surface area contributed by atoms with Gasteiger partial charge in [0.1, 0.15) is 10.6 Å². The van der Waals surface area contributed by atoms with Gasteiger partial charge in [-0.2, -0.15) is 0 Å². The highest BCUT2D eigenvalue weighted by Gasteiger charge is 2.18. The Morgan fingerprint density at radius 2 is 1.85 bits per heavy atom. The molecule has 1 N–H and O–H groups in total. The third kappa shape index (κ3) is 3.53. The van der Waals surface area contributed by atoms with E-state index in [9.17, 15) is 8.42 Å². The summed E-state index contributed by atoms with van der Waals surface area (Å²) in [5, 5.41) is 0. The summed E-state index contributed by atoms with van der Waals surface area (Å²) in [6.07, 6.45) is 0. The Hall–Kier alpha value is -1.05. The van der Waals surface area contributed by atoms with Crippen LogP contribution >= 0.6 is 31.9 Å². The third-order valence-corrected chi connectivity index (χ3v) is 5.36. The fraction of sp³-hybridized carbons (Fsp3) is 0.0769. The molecule has 0 aliphatic heterocycles. The molecule has 0 amide bonds. The minimum atomic E-state index is -3.66. The molecule has 106 valence electrons. The number of anilines is 1. The molecule has 2 rings (SSSR count). The first-order valence-electron chi connectivity index (χ1n) is 5.54. The molecule has 0 fully saturated rings. The maximum atomic E-state index is 12.3. The van der Waals surface area contributed by atoms with Gasteiger partial charge in [0, 0.05) is 15.0 Å². The fourth-order valence-corrected chi connectivity index (χ4v) is 4.39. The maximum Gasteiger partial charge on any atom is 0.263 e. The summed E-state index contributed by atoms with van der Waals surface area (Å²) >= 11 is 6.54. The smallest absolute Gasteiger partial charge is 0.263 e. The number of rotatable bonds is 4. The van der Waals surface area contributed by atoms with Crippen molar-refractivity contribution in [2.75, 3.05) is 11.8 Å². The summed E-state index contributed by atoms with van der Waals surface area (Å²) in [7, 11) is -2.13. The molecule has 7 heteroatoms. The number of methoxy groups -OCH3 is 1. The van der Waals surface area contributed by atoms with Gasteiger partial charge < -0.3 is 4.74 Å². The molecule has 0 aliphatic rings. The van der Waals surface area contributed by atoms with Gasteiger partial charge in [-0.15, -0.1) is 0 Å². The molecule has 0 unspecified atom stereocenters. The molecule has 0 atom stereocenters. The summed E-state index contributed by atoms with van der Waals surface area (Å²) in [5.74, 6) is 0.583. The number of halogens is 2. The lowest BCUT2D eigenvalue weighted by Gasteiger charge is -2.10. The molecule has 0 radical (unpaired) electrons. The van der Waals surface area contributed by atoms with Crippen molar-refractivity contribution in [1.82, 2.24) is 0 Å². The van der Waals surface area contributed by atoms with E-state index in [1.54, 1.807) is 36.4 Å². The summed E-state index contributed by atoms with van der Waals surface area (Å²) in [4.78, 5) is 0.170. The second-order valence-corrected chi connectivity index (χ2v) is 7.33. The molecular weight excluding hydrogens is 410 g/mol. The van der Waals surface area contributed by atoms with Gasteiger partial charge in [-0.1, -0.05) is 22.0 Å². The predicted molar refractivity (Wildman–Crippen MR) is 85.6 cm³/mol. The topological polar surface area (TPSA) is 55.4 Å². The monoisotopic (exact) mass is 419 g/mol. The lowest BCUT2D eigenvalue weighted by atomic mass is 10.3. The van der Waals surface area contributed by atoms with Crippen LogP contribution in [0.5, 0.6) is 5.75 Å². The van der Waals surface area contributed by atoms with E-state index >= 15 is 0 Å². The predicted octanol–water partition coefficient (Wildman–Crippen LogP) is 4.02. The molecule has 2 aromatic rings. The van der Waals surface area contributed by atoms with Crippen molar-refractivity contribution in [3.63, 3.8) is 0 Å². The van der Waals surface area contributed by atoms with E-state index < -0.39 is 10.0 Å². The van der Waals surface area contributed by atoms with Gasteiger partial charge in [-0.05, 0) is 46.3 Å². The zero-order valence-electron chi connectivity index (χ0n) is 10.4. The zero-order chi connectivity index (χ0) is 14.8. The van der Waals surface area contributed by atoms with E-state index in [4.69, 9.17) is 4.74 Å². The molecule has 4 nitrogen and oxygen atoms in total. The van der Waals surface area contributed by atoms with Crippen molar-refractivity contribution in [1.29, 1.82) is 0 Å².